The first-order valence-electron chi connectivity index (χ1n) is 17.1. The molecular formula is C36H45FN8O3. The first-order chi connectivity index (χ1) is 23.5. The van der Waals surface area contributed by atoms with Crippen LogP contribution in [0.3, 0.4) is 0 Å². The summed E-state index contributed by atoms with van der Waals surface area (Å²) in [6.45, 7) is 10.7. The van der Waals surface area contributed by atoms with Gasteiger partial charge in [-0.1, -0.05) is 18.7 Å². The Hall–Kier alpha value is -4.26. The molecule has 0 bridgehead atoms. The number of halogens is 1. The Kier molecular flexibility index (Phi) is 9.73. The van der Waals surface area contributed by atoms with E-state index in [0.29, 0.717) is 47.8 Å². The van der Waals surface area contributed by atoms with Gasteiger partial charge in [-0.2, -0.15) is 0 Å². The van der Waals surface area contributed by atoms with Crippen LogP contribution in [-0.4, -0.2) is 96.8 Å². The molecule has 3 aliphatic heterocycles. The summed E-state index contributed by atoms with van der Waals surface area (Å²) in [6, 6.07) is 13.8. The van der Waals surface area contributed by atoms with Gasteiger partial charge in [0.25, 0.3) is 0 Å². The van der Waals surface area contributed by atoms with Crippen LogP contribution in [-0.2, 0) is 16.1 Å². The second-order valence-corrected chi connectivity index (χ2v) is 13.1. The van der Waals surface area contributed by atoms with Crippen LogP contribution in [0.1, 0.15) is 37.7 Å². The molecule has 3 aromatic rings. The van der Waals surface area contributed by atoms with Gasteiger partial charge in [-0.05, 0) is 68.4 Å². The number of nitrogens with zero attached hydrogens (tertiary/aromatic N) is 6. The lowest BCUT2D eigenvalue weighted by Gasteiger charge is -2.43. The first-order valence-corrected chi connectivity index (χ1v) is 17.1. The fraction of sp³-hybridized carbons (Fsp3) is 0.472. The van der Waals surface area contributed by atoms with Gasteiger partial charge in [-0.25, -0.2) is 19.4 Å². The van der Waals surface area contributed by atoms with Crippen molar-refractivity contribution in [3.05, 3.63) is 72.8 Å². The molecule has 2 aromatic carbocycles. The van der Waals surface area contributed by atoms with Crippen LogP contribution in [0.4, 0.5) is 33.1 Å². The van der Waals surface area contributed by atoms with Crippen molar-refractivity contribution >= 4 is 34.6 Å². The van der Waals surface area contributed by atoms with E-state index in [1.807, 2.05) is 24.3 Å². The van der Waals surface area contributed by atoms with Crippen molar-refractivity contribution < 1.29 is 18.8 Å². The molecule has 1 unspecified atom stereocenters. The number of aromatic nitrogens is 2. The summed E-state index contributed by atoms with van der Waals surface area (Å²) in [5.41, 5.74) is 3.13. The molecule has 0 spiro atoms. The number of hydroxylamine groups is 1. The van der Waals surface area contributed by atoms with Gasteiger partial charge in [-0.3, -0.25) is 19.4 Å². The third kappa shape index (κ3) is 7.40. The number of carbonyl (C=O) groups is 1. The van der Waals surface area contributed by atoms with Gasteiger partial charge in [0.2, 0.25) is 5.91 Å². The molecule has 1 saturated carbocycles. The number of benzene rings is 2. The molecule has 1 atom stereocenters. The van der Waals surface area contributed by atoms with Gasteiger partial charge < -0.3 is 20.3 Å². The average Bonchev–Trinajstić information content (AvgIpc) is 3.87. The van der Waals surface area contributed by atoms with E-state index in [0.717, 1.165) is 62.7 Å². The molecule has 12 heteroatoms. The van der Waals surface area contributed by atoms with Crippen LogP contribution in [0, 0.1) is 5.82 Å². The Morgan fingerprint density at radius 2 is 1.73 bits per heavy atom. The molecule has 11 nitrogen and oxygen atoms in total. The van der Waals surface area contributed by atoms with Gasteiger partial charge in [-0.15, -0.1) is 0 Å². The maximum absolute atomic E-state index is 13.8. The topological polar surface area (TPSA) is 98.3 Å². The maximum Gasteiger partial charge on any atom is 0.247 e. The van der Waals surface area contributed by atoms with Gasteiger partial charge in [0.1, 0.15) is 23.7 Å². The van der Waals surface area contributed by atoms with Crippen LogP contribution in [0.15, 0.2) is 61.4 Å². The van der Waals surface area contributed by atoms with E-state index in [2.05, 4.69) is 41.9 Å². The van der Waals surface area contributed by atoms with Crippen molar-refractivity contribution in [3.8, 4) is 5.75 Å². The highest BCUT2D eigenvalue weighted by Crippen LogP contribution is 2.40. The number of rotatable bonds is 11. The number of hydrogen-bond donors (Lipinski definition) is 2. The lowest BCUT2D eigenvalue weighted by Crippen LogP contribution is -2.53. The number of ether oxygens (including phenoxy) is 1. The smallest absolute Gasteiger partial charge is 0.247 e. The highest BCUT2D eigenvalue weighted by atomic mass is 19.1. The van der Waals surface area contributed by atoms with Crippen molar-refractivity contribution in [1.29, 1.82) is 0 Å². The number of methoxy groups -OCH3 is 1. The van der Waals surface area contributed by atoms with Crippen LogP contribution < -0.4 is 25.3 Å². The maximum atomic E-state index is 13.8. The fourth-order valence-electron chi connectivity index (χ4n) is 7.32. The zero-order valence-corrected chi connectivity index (χ0v) is 27.6. The molecule has 254 valence electrons. The minimum Gasteiger partial charge on any atom is -0.494 e. The number of carbonyl (C=O) groups excluding carboxylic acids is 1. The van der Waals surface area contributed by atoms with Crippen LogP contribution in [0.2, 0.25) is 0 Å². The molecule has 48 heavy (non-hydrogen) atoms. The van der Waals surface area contributed by atoms with Crippen LogP contribution >= 0.6 is 0 Å². The molecule has 1 aliphatic carbocycles. The molecule has 1 amide bonds. The predicted molar refractivity (Wildman–Crippen MR) is 185 cm³/mol. The van der Waals surface area contributed by atoms with E-state index in [9.17, 15) is 9.18 Å². The zero-order chi connectivity index (χ0) is 33.0. The van der Waals surface area contributed by atoms with E-state index in [1.54, 1.807) is 24.3 Å². The Bertz CT molecular complexity index is 1600. The quantitative estimate of drug-likeness (QED) is 0.275. The predicted octanol–water partition coefficient (Wildman–Crippen LogP) is 4.99. The lowest BCUT2D eigenvalue weighted by atomic mass is 10.0. The van der Waals surface area contributed by atoms with Gasteiger partial charge >= 0.3 is 0 Å². The summed E-state index contributed by atoms with van der Waals surface area (Å²) >= 11 is 0. The highest BCUT2D eigenvalue weighted by Gasteiger charge is 2.34. The number of piperazine rings is 1. The van der Waals surface area contributed by atoms with E-state index < -0.39 is 0 Å². The highest BCUT2D eigenvalue weighted by molar-refractivity contribution is 6.02. The van der Waals surface area contributed by atoms with Crippen molar-refractivity contribution in [3.63, 3.8) is 0 Å². The summed E-state index contributed by atoms with van der Waals surface area (Å²) in [5.74, 6) is 1.22. The average molecular weight is 657 g/mol. The Morgan fingerprint density at radius 1 is 0.979 bits per heavy atom. The SMILES string of the molecule is C=CC(=O)Nc1cc(Nc2cc(N3OCCC3Cc3cccc(F)c3)ncn2)c(OC)cc1N1CCC(N2CCN(C3CC3)CC2)CC1. The third-order valence-corrected chi connectivity index (χ3v) is 10.0. The van der Waals surface area contributed by atoms with Crippen molar-refractivity contribution in [2.75, 3.05) is 73.6 Å². The molecule has 4 aliphatic rings. The van der Waals surface area contributed by atoms with E-state index >= 15 is 0 Å². The van der Waals surface area contributed by atoms with Crippen molar-refractivity contribution in [2.45, 2.75) is 56.7 Å². The minimum absolute atomic E-state index is 0.000532. The standard InChI is InChI=1S/C36H45FN8O3/c1-3-36(46)41-30-21-31(40-34-23-35(39-24-38-34)45-29(11-18-48-45)20-25-5-4-6-26(37)19-25)33(47-2)22-32(30)44-12-9-28(10-13-44)43-16-14-42(15-17-43)27-7-8-27/h3-6,19,21-24,27-29H,1,7-18,20H2,2H3,(H,41,46)(H,38,39,40). The number of amides is 1. The second-order valence-electron chi connectivity index (χ2n) is 13.1. The van der Waals surface area contributed by atoms with Crippen molar-refractivity contribution in [1.82, 2.24) is 19.8 Å². The van der Waals surface area contributed by atoms with E-state index in [1.165, 1.54) is 44.4 Å². The Labute approximate surface area is 281 Å². The lowest BCUT2D eigenvalue weighted by molar-refractivity contribution is -0.111. The largest absolute Gasteiger partial charge is 0.494 e. The van der Waals surface area contributed by atoms with Gasteiger partial charge in [0.15, 0.2) is 5.82 Å². The van der Waals surface area contributed by atoms with Crippen molar-refractivity contribution in [2.24, 2.45) is 0 Å². The molecular weight excluding hydrogens is 611 g/mol. The zero-order valence-electron chi connectivity index (χ0n) is 27.6. The molecule has 7 rings (SSSR count). The molecule has 4 fully saturated rings. The second kappa shape index (κ2) is 14.5. The van der Waals surface area contributed by atoms with Gasteiger partial charge in [0, 0.05) is 63.5 Å². The van der Waals surface area contributed by atoms with E-state index in [-0.39, 0.29) is 17.8 Å². The summed E-state index contributed by atoms with van der Waals surface area (Å²) in [5, 5.41) is 8.18. The van der Waals surface area contributed by atoms with Gasteiger partial charge in [0.05, 0.1) is 36.8 Å². The number of anilines is 5. The summed E-state index contributed by atoms with van der Waals surface area (Å²) in [4.78, 5) is 35.2. The minimum atomic E-state index is -0.282. The molecule has 4 heterocycles. The molecule has 0 radical (unpaired) electrons. The van der Waals surface area contributed by atoms with Crippen LogP contribution in [0.5, 0.6) is 5.75 Å². The number of hydrogen-bond acceptors (Lipinski definition) is 10. The Morgan fingerprint density at radius 3 is 2.42 bits per heavy atom. The fourth-order valence-corrected chi connectivity index (χ4v) is 7.32. The molecule has 1 aromatic heterocycles. The van der Waals surface area contributed by atoms with Crippen LogP contribution in [0.25, 0.3) is 0 Å². The summed E-state index contributed by atoms with van der Waals surface area (Å²) in [6.07, 6.45) is 9.06. The summed E-state index contributed by atoms with van der Waals surface area (Å²) in [7, 11) is 1.64. The first kappa shape index (κ1) is 32.3. The third-order valence-electron chi connectivity index (χ3n) is 10.0. The monoisotopic (exact) mass is 656 g/mol. The number of nitrogens with one attached hydrogen (secondary N) is 2. The molecule has 2 N–H and O–H groups in total. The normalized spacial score (nSPS) is 20.9. The Balaban J connectivity index is 1.06. The number of piperidine rings is 1. The van der Waals surface area contributed by atoms with E-state index in [4.69, 9.17) is 9.57 Å². The summed E-state index contributed by atoms with van der Waals surface area (Å²) < 4.78 is 19.7. The molecule has 3 saturated heterocycles.